The summed E-state index contributed by atoms with van der Waals surface area (Å²) in [4.78, 5) is 25.2. The predicted octanol–water partition coefficient (Wildman–Crippen LogP) is 4.94. The van der Waals surface area contributed by atoms with E-state index in [0.29, 0.717) is 12.1 Å². The molecular formula is C24H32N2O4. The Balaban J connectivity index is 2.13. The Hall–Kier alpha value is -3.02. The lowest BCUT2D eigenvalue weighted by Gasteiger charge is -2.24. The van der Waals surface area contributed by atoms with Crippen LogP contribution in [0.4, 0.5) is 10.5 Å². The Morgan fingerprint density at radius 3 is 2.00 bits per heavy atom. The van der Waals surface area contributed by atoms with Crippen molar-refractivity contribution in [1.29, 1.82) is 0 Å². The Morgan fingerprint density at radius 2 is 1.47 bits per heavy atom. The standard InChI is InChI=1S/C24H32N2O4/c1-23(2,3)29-19-14-12-17(13-15-19)16-20(26-22(28)30-24(4,5)6)21(27)25-18-10-8-7-9-11-18/h7-15,20H,16H2,1-6H3,(H,25,27)(H,26,28)/t20-/m0/s1. The molecule has 6 nitrogen and oxygen atoms in total. The number of carbonyl (C=O) groups is 2. The van der Waals surface area contributed by atoms with Crippen LogP contribution in [0, 0.1) is 0 Å². The lowest BCUT2D eigenvalue weighted by atomic mass is 10.0. The van der Waals surface area contributed by atoms with Crippen molar-refractivity contribution in [2.24, 2.45) is 0 Å². The molecule has 0 aliphatic carbocycles. The third kappa shape index (κ3) is 8.55. The maximum absolute atomic E-state index is 12.9. The van der Waals surface area contributed by atoms with Crippen molar-refractivity contribution in [3.63, 3.8) is 0 Å². The summed E-state index contributed by atoms with van der Waals surface area (Å²) < 4.78 is 11.2. The second-order valence-corrected chi connectivity index (χ2v) is 9.12. The topological polar surface area (TPSA) is 76.7 Å². The van der Waals surface area contributed by atoms with Gasteiger partial charge >= 0.3 is 6.09 Å². The molecule has 1 atom stereocenters. The Morgan fingerprint density at radius 1 is 0.867 bits per heavy atom. The minimum Gasteiger partial charge on any atom is -0.488 e. The molecule has 0 aromatic heterocycles. The zero-order valence-corrected chi connectivity index (χ0v) is 18.6. The monoisotopic (exact) mass is 412 g/mol. The zero-order valence-electron chi connectivity index (χ0n) is 18.6. The fourth-order valence-electron chi connectivity index (χ4n) is 2.69. The minimum absolute atomic E-state index is 0.294. The molecule has 2 aromatic rings. The second kappa shape index (κ2) is 9.65. The first-order valence-electron chi connectivity index (χ1n) is 10.0. The summed E-state index contributed by atoms with van der Waals surface area (Å²) in [6.07, 6.45) is -0.323. The van der Waals surface area contributed by atoms with Crippen molar-refractivity contribution in [3.05, 3.63) is 60.2 Å². The van der Waals surface area contributed by atoms with Gasteiger partial charge in [-0.25, -0.2) is 4.79 Å². The highest BCUT2D eigenvalue weighted by Crippen LogP contribution is 2.19. The molecule has 2 aromatic carbocycles. The van der Waals surface area contributed by atoms with E-state index in [4.69, 9.17) is 9.47 Å². The molecule has 0 bridgehead atoms. The smallest absolute Gasteiger partial charge is 0.408 e. The van der Waals surface area contributed by atoms with E-state index in [0.717, 1.165) is 11.3 Å². The van der Waals surface area contributed by atoms with Crippen molar-refractivity contribution < 1.29 is 19.1 Å². The van der Waals surface area contributed by atoms with Crippen molar-refractivity contribution >= 4 is 17.7 Å². The molecule has 0 aliphatic heterocycles. The van der Waals surface area contributed by atoms with Gasteiger partial charge in [0.05, 0.1) is 0 Å². The summed E-state index contributed by atoms with van der Waals surface area (Å²) in [5.41, 5.74) is 0.599. The van der Waals surface area contributed by atoms with E-state index >= 15 is 0 Å². The summed E-state index contributed by atoms with van der Waals surface area (Å²) in [6.45, 7) is 11.3. The molecule has 0 saturated carbocycles. The van der Waals surface area contributed by atoms with E-state index in [1.807, 2.05) is 63.2 Å². The molecule has 30 heavy (non-hydrogen) atoms. The van der Waals surface area contributed by atoms with Gasteiger partial charge in [0, 0.05) is 12.1 Å². The van der Waals surface area contributed by atoms with Crippen molar-refractivity contribution in [1.82, 2.24) is 5.32 Å². The van der Waals surface area contributed by atoms with Crippen molar-refractivity contribution in [2.45, 2.75) is 65.2 Å². The number of ether oxygens (including phenoxy) is 2. The number of rotatable bonds is 6. The van der Waals surface area contributed by atoms with Gasteiger partial charge in [-0.2, -0.15) is 0 Å². The highest BCUT2D eigenvalue weighted by Gasteiger charge is 2.25. The molecule has 162 valence electrons. The van der Waals surface area contributed by atoms with Crippen LogP contribution in [0.2, 0.25) is 0 Å². The number of hydrogen-bond donors (Lipinski definition) is 2. The van der Waals surface area contributed by atoms with Crippen LogP contribution in [0.15, 0.2) is 54.6 Å². The van der Waals surface area contributed by atoms with Crippen LogP contribution in [0.3, 0.4) is 0 Å². The Labute approximate surface area is 179 Å². The molecule has 6 heteroatoms. The van der Waals surface area contributed by atoms with Crippen LogP contribution < -0.4 is 15.4 Å². The molecule has 0 spiro atoms. The Kier molecular flexibility index (Phi) is 7.48. The number of carbonyl (C=O) groups excluding carboxylic acids is 2. The average molecular weight is 413 g/mol. The highest BCUT2D eigenvalue weighted by molar-refractivity contribution is 5.96. The van der Waals surface area contributed by atoms with Gasteiger partial charge in [0.2, 0.25) is 5.91 Å². The molecule has 0 heterocycles. The van der Waals surface area contributed by atoms with Gasteiger partial charge in [0.1, 0.15) is 23.0 Å². The molecule has 0 saturated heterocycles. The molecule has 0 aliphatic rings. The number of nitrogens with one attached hydrogen (secondary N) is 2. The van der Waals surface area contributed by atoms with Crippen molar-refractivity contribution in [2.75, 3.05) is 5.32 Å². The lowest BCUT2D eigenvalue weighted by Crippen LogP contribution is -2.47. The molecule has 0 unspecified atom stereocenters. The third-order valence-corrected chi connectivity index (χ3v) is 3.84. The molecule has 2 rings (SSSR count). The van der Waals surface area contributed by atoms with Gasteiger partial charge in [-0.05, 0) is 71.4 Å². The summed E-state index contributed by atoms with van der Waals surface area (Å²) >= 11 is 0. The van der Waals surface area contributed by atoms with Gasteiger partial charge < -0.3 is 20.1 Å². The summed E-state index contributed by atoms with van der Waals surface area (Å²) in [6, 6.07) is 15.8. The van der Waals surface area contributed by atoms with E-state index in [1.165, 1.54) is 0 Å². The largest absolute Gasteiger partial charge is 0.488 e. The van der Waals surface area contributed by atoms with Gasteiger partial charge in [0.25, 0.3) is 0 Å². The van der Waals surface area contributed by atoms with Gasteiger partial charge in [-0.3, -0.25) is 4.79 Å². The van der Waals surface area contributed by atoms with Gasteiger partial charge in [0.15, 0.2) is 0 Å². The molecule has 2 amide bonds. The number of benzene rings is 2. The second-order valence-electron chi connectivity index (χ2n) is 9.12. The number of amides is 2. The van der Waals surface area contributed by atoms with Crippen LogP contribution in [0.1, 0.15) is 47.1 Å². The Bertz CT molecular complexity index is 834. The fraction of sp³-hybridized carbons (Fsp3) is 0.417. The minimum atomic E-state index is -0.797. The molecule has 0 fully saturated rings. The van der Waals surface area contributed by atoms with Crippen LogP contribution in [0.25, 0.3) is 0 Å². The quantitative estimate of drug-likeness (QED) is 0.705. The van der Waals surface area contributed by atoms with Gasteiger partial charge in [-0.1, -0.05) is 30.3 Å². The van der Waals surface area contributed by atoms with E-state index in [9.17, 15) is 9.59 Å². The SMILES string of the molecule is CC(C)(C)OC(=O)N[C@@H](Cc1ccc(OC(C)(C)C)cc1)C(=O)Nc1ccccc1. The normalized spacial score (nSPS) is 12.6. The predicted molar refractivity (Wildman–Crippen MR) is 119 cm³/mol. The van der Waals surface area contributed by atoms with Crippen LogP contribution >= 0.6 is 0 Å². The van der Waals surface area contributed by atoms with E-state index in [2.05, 4.69) is 10.6 Å². The van der Waals surface area contributed by atoms with Crippen molar-refractivity contribution in [3.8, 4) is 5.75 Å². The number of para-hydroxylation sites is 1. The summed E-state index contributed by atoms with van der Waals surface area (Å²) in [7, 11) is 0. The molecule has 0 radical (unpaired) electrons. The first kappa shape index (κ1) is 23.3. The maximum atomic E-state index is 12.9. The summed E-state index contributed by atoms with van der Waals surface area (Å²) in [5.74, 6) is 0.429. The van der Waals surface area contributed by atoms with Crippen LogP contribution in [0.5, 0.6) is 5.75 Å². The average Bonchev–Trinajstić information content (AvgIpc) is 2.61. The van der Waals surface area contributed by atoms with Crippen LogP contribution in [-0.2, 0) is 16.0 Å². The first-order chi connectivity index (χ1) is 13.9. The molecule has 2 N–H and O–H groups in total. The number of alkyl carbamates (subject to hydrolysis) is 1. The van der Waals surface area contributed by atoms with E-state index < -0.39 is 17.7 Å². The molecular weight excluding hydrogens is 380 g/mol. The fourth-order valence-corrected chi connectivity index (χ4v) is 2.69. The highest BCUT2D eigenvalue weighted by atomic mass is 16.6. The number of anilines is 1. The van der Waals surface area contributed by atoms with Gasteiger partial charge in [-0.15, -0.1) is 0 Å². The van der Waals surface area contributed by atoms with Crippen LogP contribution in [-0.4, -0.2) is 29.2 Å². The maximum Gasteiger partial charge on any atom is 0.408 e. The first-order valence-corrected chi connectivity index (χ1v) is 10.0. The lowest BCUT2D eigenvalue weighted by molar-refractivity contribution is -0.118. The third-order valence-electron chi connectivity index (χ3n) is 3.84. The zero-order chi connectivity index (χ0) is 22.4. The van der Waals surface area contributed by atoms with E-state index in [1.54, 1.807) is 32.9 Å². The summed E-state index contributed by atoms with van der Waals surface area (Å²) in [5, 5.41) is 5.53. The number of hydrogen-bond acceptors (Lipinski definition) is 4. The van der Waals surface area contributed by atoms with E-state index in [-0.39, 0.29) is 11.5 Å².